The number of hydrogen-bond acceptors (Lipinski definition) is 3. The van der Waals surface area contributed by atoms with Crippen molar-refractivity contribution in [2.75, 3.05) is 12.3 Å². The van der Waals surface area contributed by atoms with Gasteiger partial charge in [-0.15, -0.1) is 0 Å². The van der Waals surface area contributed by atoms with Crippen LogP contribution in [0.5, 0.6) is 0 Å². The van der Waals surface area contributed by atoms with E-state index in [1.807, 2.05) is 0 Å². The molecule has 1 fully saturated rings. The zero-order valence-corrected chi connectivity index (χ0v) is 8.15. The summed E-state index contributed by atoms with van der Waals surface area (Å²) < 4.78 is 23.1. The van der Waals surface area contributed by atoms with Gasteiger partial charge in [-0.1, -0.05) is 12.8 Å². The van der Waals surface area contributed by atoms with Gasteiger partial charge in [-0.3, -0.25) is 0 Å². The van der Waals surface area contributed by atoms with Crippen molar-refractivity contribution in [1.82, 2.24) is 0 Å². The maximum atomic E-state index is 11.5. The van der Waals surface area contributed by atoms with E-state index < -0.39 is 9.84 Å². The summed E-state index contributed by atoms with van der Waals surface area (Å²) >= 11 is 0. The normalized spacial score (nSPS) is 20.1. The second-order valence-corrected chi connectivity index (χ2v) is 5.82. The molecule has 3 nitrogen and oxygen atoms in total. The zero-order valence-electron chi connectivity index (χ0n) is 7.33. The van der Waals surface area contributed by atoms with Crippen molar-refractivity contribution in [3.8, 4) is 0 Å². The maximum absolute atomic E-state index is 11.5. The van der Waals surface area contributed by atoms with Crippen molar-refractivity contribution in [3.63, 3.8) is 0 Å². The largest absolute Gasteiger partial charge is 0.330 e. The average Bonchev–Trinajstić information content (AvgIpc) is 2.53. The Balaban J connectivity index is 2.46. The fraction of sp³-hybridized carbons (Fsp3) is 1.00. The average molecular weight is 191 g/mol. The smallest absolute Gasteiger partial charge is 0.153 e. The quantitative estimate of drug-likeness (QED) is 0.711. The van der Waals surface area contributed by atoms with Gasteiger partial charge in [0.1, 0.15) is 0 Å². The second kappa shape index (κ2) is 4.23. The standard InChI is InChI=1S/C8H17NO2S/c9-6-3-7-12(10,11)8-4-1-2-5-8/h8H,1-7,9H2. The molecule has 0 aromatic rings. The fourth-order valence-electron chi connectivity index (χ4n) is 1.70. The Morgan fingerprint density at radius 2 is 1.83 bits per heavy atom. The Morgan fingerprint density at radius 3 is 2.33 bits per heavy atom. The summed E-state index contributed by atoms with van der Waals surface area (Å²) in [5.41, 5.74) is 5.27. The molecular formula is C8H17NO2S. The molecule has 0 aromatic heterocycles. The Labute approximate surface area is 74.3 Å². The number of hydrogen-bond donors (Lipinski definition) is 1. The van der Waals surface area contributed by atoms with Gasteiger partial charge in [0.05, 0.1) is 11.0 Å². The highest BCUT2D eigenvalue weighted by Crippen LogP contribution is 2.25. The van der Waals surface area contributed by atoms with E-state index in [0.717, 1.165) is 25.7 Å². The number of sulfone groups is 1. The molecule has 0 heterocycles. The summed E-state index contributed by atoms with van der Waals surface area (Å²) in [4.78, 5) is 0. The van der Waals surface area contributed by atoms with E-state index in [1.54, 1.807) is 0 Å². The van der Waals surface area contributed by atoms with Crippen LogP contribution in [0.25, 0.3) is 0 Å². The van der Waals surface area contributed by atoms with Gasteiger partial charge in [-0.2, -0.15) is 0 Å². The van der Waals surface area contributed by atoms with Crippen LogP contribution in [0.2, 0.25) is 0 Å². The summed E-state index contributed by atoms with van der Waals surface area (Å²) in [7, 11) is -2.80. The molecule has 0 bridgehead atoms. The predicted octanol–water partition coefficient (Wildman–Crippen LogP) is 0.693. The van der Waals surface area contributed by atoms with E-state index in [9.17, 15) is 8.42 Å². The zero-order chi connectivity index (χ0) is 9.03. The molecule has 0 spiro atoms. The van der Waals surface area contributed by atoms with Crippen LogP contribution in [0, 0.1) is 0 Å². The first-order chi connectivity index (χ1) is 5.67. The summed E-state index contributed by atoms with van der Waals surface area (Å²) in [6, 6.07) is 0. The first-order valence-electron chi connectivity index (χ1n) is 4.58. The molecule has 1 aliphatic carbocycles. The van der Waals surface area contributed by atoms with Gasteiger partial charge in [0, 0.05) is 0 Å². The molecule has 0 aliphatic heterocycles. The summed E-state index contributed by atoms with van der Waals surface area (Å²) in [6.45, 7) is 0.478. The molecule has 12 heavy (non-hydrogen) atoms. The van der Waals surface area contributed by atoms with Crippen molar-refractivity contribution in [1.29, 1.82) is 0 Å². The van der Waals surface area contributed by atoms with Gasteiger partial charge in [-0.25, -0.2) is 8.42 Å². The first-order valence-corrected chi connectivity index (χ1v) is 6.30. The minimum Gasteiger partial charge on any atom is -0.330 e. The van der Waals surface area contributed by atoms with Gasteiger partial charge < -0.3 is 5.73 Å². The lowest BCUT2D eigenvalue weighted by Crippen LogP contribution is -2.22. The lowest BCUT2D eigenvalue weighted by atomic mass is 10.4. The first kappa shape index (κ1) is 9.99. The van der Waals surface area contributed by atoms with Gasteiger partial charge in [-0.05, 0) is 25.8 Å². The molecule has 0 aromatic carbocycles. The van der Waals surface area contributed by atoms with E-state index in [2.05, 4.69) is 0 Å². The molecule has 0 amide bonds. The van der Waals surface area contributed by atoms with E-state index in [-0.39, 0.29) is 11.0 Å². The summed E-state index contributed by atoms with van der Waals surface area (Å²) in [5.74, 6) is 0.286. The van der Waals surface area contributed by atoms with Crippen LogP contribution in [0.15, 0.2) is 0 Å². The monoisotopic (exact) mass is 191 g/mol. The number of rotatable bonds is 4. The predicted molar refractivity (Wildman–Crippen MR) is 49.7 cm³/mol. The van der Waals surface area contributed by atoms with Gasteiger partial charge in [0.2, 0.25) is 0 Å². The Kier molecular flexibility index (Phi) is 3.53. The molecule has 0 unspecified atom stereocenters. The fourth-order valence-corrected chi connectivity index (χ4v) is 3.65. The van der Waals surface area contributed by atoms with Crippen molar-refractivity contribution >= 4 is 9.84 Å². The Bertz CT molecular complexity index is 217. The third-order valence-corrected chi connectivity index (χ3v) is 4.79. The van der Waals surface area contributed by atoms with Crippen molar-refractivity contribution < 1.29 is 8.42 Å². The lowest BCUT2D eigenvalue weighted by molar-refractivity contribution is 0.577. The van der Waals surface area contributed by atoms with E-state index in [4.69, 9.17) is 5.73 Å². The van der Waals surface area contributed by atoms with Crippen LogP contribution in [0.4, 0.5) is 0 Å². The lowest BCUT2D eigenvalue weighted by Gasteiger charge is -2.09. The van der Waals surface area contributed by atoms with E-state index >= 15 is 0 Å². The van der Waals surface area contributed by atoms with Crippen LogP contribution in [-0.4, -0.2) is 26.0 Å². The van der Waals surface area contributed by atoms with Crippen LogP contribution < -0.4 is 5.73 Å². The van der Waals surface area contributed by atoms with Crippen LogP contribution in [0.1, 0.15) is 32.1 Å². The molecule has 0 saturated heterocycles. The molecule has 0 radical (unpaired) electrons. The molecule has 1 aliphatic rings. The van der Waals surface area contributed by atoms with Gasteiger partial charge in [0.25, 0.3) is 0 Å². The van der Waals surface area contributed by atoms with Crippen LogP contribution >= 0.6 is 0 Å². The second-order valence-electron chi connectivity index (χ2n) is 3.42. The highest BCUT2D eigenvalue weighted by atomic mass is 32.2. The van der Waals surface area contributed by atoms with Gasteiger partial charge >= 0.3 is 0 Å². The summed E-state index contributed by atoms with van der Waals surface area (Å²) in [5, 5.41) is -0.0518. The Morgan fingerprint density at radius 1 is 1.25 bits per heavy atom. The molecule has 1 saturated carbocycles. The minimum absolute atomic E-state index is 0.0518. The Hall–Kier alpha value is -0.0900. The van der Waals surface area contributed by atoms with E-state index in [0.29, 0.717) is 13.0 Å². The molecule has 72 valence electrons. The summed E-state index contributed by atoms with van der Waals surface area (Å²) in [6.07, 6.45) is 4.50. The third kappa shape index (κ3) is 2.45. The molecule has 2 N–H and O–H groups in total. The SMILES string of the molecule is NCCCS(=O)(=O)C1CCCC1. The topological polar surface area (TPSA) is 60.2 Å². The minimum atomic E-state index is -2.80. The van der Waals surface area contributed by atoms with E-state index in [1.165, 1.54) is 0 Å². The van der Waals surface area contributed by atoms with Crippen molar-refractivity contribution in [2.45, 2.75) is 37.4 Å². The number of nitrogens with two attached hydrogens (primary N) is 1. The highest BCUT2D eigenvalue weighted by molar-refractivity contribution is 7.92. The van der Waals surface area contributed by atoms with Crippen molar-refractivity contribution in [3.05, 3.63) is 0 Å². The highest BCUT2D eigenvalue weighted by Gasteiger charge is 2.27. The molecule has 1 rings (SSSR count). The van der Waals surface area contributed by atoms with Crippen molar-refractivity contribution in [2.24, 2.45) is 5.73 Å². The maximum Gasteiger partial charge on any atom is 0.153 e. The molecule has 0 atom stereocenters. The van der Waals surface area contributed by atoms with Gasteiger partial charge in [0.15, 0.2) is 9.84 Å². The van der Waals surface area contributed by atoms with Crippen LogP contribution in [0.3, 0.4) is 0 Å². The molecular weight excluding hydrogens is 174 g/mol. The third-order valence-electron chi connectivity index (χ3n) is 2.44. The molecule has 4 heteroatoms. The van der Waals surface area contributed by atoms with Crippen LogP contribution in [-0.2, 0) is 9.84 Å².